The molecule has 19 heavy (non-hydrogen) atoms. The minimum absolute atomic E-state index is 0.416. The van der Waals surface area contributed by atoms with Crippen LogP contribution in [0.4, 0.5) is 5.69 Å². The van der Waals surface area contributed by atoms with E-state index in [-0.39, 0.29) is 0 Å². The van der Waals surface area contributed by atoms with Crippen LogP contribution in [-0.2, 0) is 6.42 Å². The highest BCUT2D eigenvalue weighted by Gasteiger charge is 2.25. The molecular formula is C16H18ClNS. The predicted molar refractivity (Wildman–Crippen MR) is 84.7 cm³/mol. The summed E-state index contributed by atoms with van der Waals surface area (Å²) in [5, 5.41) is 3.72. The third-order valence-corrected chi connectivity index (χ3v) is 5.18. The van der Waals surface area contributed by atoms with Crippen LogP contribution in [0.3, 0.4) is 0 Å². The molecule has 1 heterocycles. The van der Waals surface area contributed by atoms with E-state index in [1.807, 2.05) is 0 Å². The van der Waals surface area contributed by atoms with E-state index in [9.17, 15) is 0 Å². The molecule has 3 heteroatoms. The first-order valence-corrected chi connectivity index (χ1v) is 7.86. The molecule has 0 saturated carbocycles. The summed E-state index contributed by atoms with van der Waals surface area (Å²) >= 11 is 7.85. The molecule has 0 aliphatic heterocycles. The monoisotopic (exact) mass is 291 g/mol. The largest absolute Gasteiger partial charge is 0.378 e. The van der Waals surface area contributed by atoms with Crippen molar-refractivity contribution in [2.45, 2.75) is 39.7 Å². The minimum atomic E-state index is 0.416. The van der Waals surface area contributed by atoms with E-state index in [1.165, 1.54) is 39.2 Å². The lowest BCUT2D eigenvalue weighted by atomic mass is 10.0. The number of hydrogen-bond acceptors (Lipinski definition) is 2. The number of nitrogens with one attached hydrogen (secondary N) is 1. The van der Waals surface area contributed by atoms with Crippen molar-refractivity contribution in [3.05, 3.63) is 49.7 Å². The summed E-state index contributed by atoms with van der Waals surface area (Å²) < 4.78 is 0.911. The molecule has 0 saturated heterocycles. The zero-order valence-corrected chi connectivity index (χ0v) is 13.1. The topological polar surface area (TPSA) is 12.0 Å². The van der Waals surface area contributed by atoms with Crippen LogP contribution in [0.1, 0.15) is 39.6 Å². The number of anilines is 1. The Labute approximate surface area is 123 Å². The van der Waals surface area contributed by atoms with Gasteiger partial charge in [0.15, 0.2) is 0 Å². The average molecular weight is 292 g/mol. The highest BCUT2D eigenvalue weighted by Crippen LogP contribution is 2.41. The number of halogens is 1. The van der Waals surface area contributed by atoms with Crippen molar-refractivity contribution in [2.75, 3.05) is 5.32 Å². The third kappa shape index (κ3) is 2.39. The maximum absolute atomic E-state index is 6.12. The number of fused-ring (bicyclic) bond motifs is 1. The number of hydrogen-bond donors (Lipinski definition) is 1. The summed E-state index contributed by atoms with van der Waals surface area (Å²) in [5.74, 6) is 0. The summed E-state index contributed by atoms with van der Waals surface area (Å²) in [6.07, 6.45) is 2.32. The van der Waals surface area contributed by atoms with Gasteiger partial charge in [0, 0.05) is 10.6 Å². The highest BCUT2D eigenvalue weighted by molar-refractivity contribution is 7.16. The normalized spacial score (nSPS) is 17.6. The van der Waals surface area contributed by atoms with Gasteiger partial charge in [-0.15, -0.1) is 11.3 Å². The first-order valence-electron chi connectivity index (χ1n) is 6.67. The molecule has 0 radical (unpaired) electrons. The maximum Gasteiger partial charge on any atom is 0.0934 e. The molecule has 1 unspecified atom stereocenters. The van der Waals surface area contributed by atoms with Crippen molar-refractivity contribution in [1.82, 2.24) is 0 Å². The number of rotatable bonds is 2. The second kappa shape index (κ2) is 4.84. The Morgan fingerprint density at radius 1 is 1.16 bits per heavy atom. The molecule has 1 aromatic heterocycles. The minimum Gasteiger partial charge on any atom is -0.378 e. The standard InChI is InChI=1S/C16H18ClNS/c1-9-6-10(2)16(11(3)7-9)18-13-4-5-14-12(13)8-15(17)19-14/h6-8,13,18H,4-5H2,1-3H3. The van der Waals surface area contributed by atoms with Crippen LogP contribution in [0.5, 0.6) is 0 Å². The van der Waals surface area contributed by atoms with Crippen LogP contribution < -0.4 is 5.32 Å². The Morgan fingerprint density at radius 3 is 2.53 bits per heavy atom. The van der Waals surface area contributed by atoms with Crippen molar-refractivity contribution in [3.63, 3.8) is 0 Å². The van der Waals surface area contributed by atoms with Gasteiger partial charge in [-0.1, -0.05) is 29.3 Å². The Bertz CT molecular complexity index is 607. The molecule has 0 bridgehead atoms. The molecule has 1 aromatic carbocycles. The molecule has 0 spiro atoms. The van der Waals surface area contributed by atoms with Gasteiger partial charge in [0.2, 0.25) is 0 Å². The SMILES string of the molecule is Cc1cc(C)c(NC2CCc3sc(Cl)cc32)c(C)c1. The van der Waals surface area contributed by atoms with Crippen molar-refractivity contribution in [3.8, 4) is 0 Å². The Kier molecular flexibility index (Phi) is 3.32. The molecule has 3 rings (SSSR count). The molecule has 1 atom stereocenters. The predicted octanol–water partition coefficient (Wildman–Crippen LogP) is 5.43. The van der Waals surface area contributed by atoms with E-state index in [0.717, 1.165) is 10.8 Å². The fourth-order valence-electron chi connectivity index (χ4n) is 3.06. The van der Waals surface area contributed by atoms with Crippen LogP contribution in [-0.4, -0.2) is 0 Å². The van der Waals surface area contributed by atoms with Crippen LogP contribution in [0, 0.1) is 20.8 Å². The molecule has 1 aliphatic carbocycles. The third-order valence-electron chi connectivity index (χ3n) is 3.84. The van der Waals surface area contributed by atoms with E-state index >= 15 is 0 Å². The zero-order valence-electron chi connectivity index (χ0n) is 11.5. The molecular weight excluding hydrogens is 274 g/mol. The summed E-state index contributed by atoms with van der Waals surface area (Å²) in [5.41, 5.74) is 6.66. The lowest BCUT2D eigenvalue weighted by Crippen LogP contribution is -2.09. The highest BCUT2D eigenvalue weighted by atomic mass is 35.5. The van der Waals surface area contributed by atoms with Gasteiger partial charge in [0.1, 0.15) is 0 Å². The number of aryl methyl sites for hydroxylation is 4. The molecule has 1 N–H and O–H groups in total. The van der Waals surface area contributed by atoms with E-state index in [1.54, 1.807) is 11.3 Å². The number of thiophene rings is 1. The molecule has 1 nitrogen and oxygen atoms in total. The maximum atomic E-state index is 6.12. The van der Waals surface area contributed by atoms with Gasteiger partial charge in [-0.05, 0) is 56.4 Å². The van der Waals surface area contributed by atoms with Gasteiger partial charge in [-0.2, -0.15) is 0 Å². The first kappa shape index (κ1) is 13.0. The second-order valence-electron chi connectivity index (χ2n) is 5.44. The fraction of sp³-hybridized carbons (Fsp3) is 0.375. The van der Waals surface area contributed by atoms with Crippen LogP contribution >= 0.6 is 22.9 Å². The Balaban J connectivity index is 1.91. The van der Waals surface area contributed by atoms with E-state index in [4.69, 9.17) is 11.6 Å². The zero-order chi connectivity index (χ0) is 13.6. The van der Waals surface area contributed by atoms with Crippen LogP contribution in [0.2, 0.25) is 4.34 Å². The van der Waals surface area contributed by atoms with Gasteiger partial charge < -0.3 is 5.32 Å². The van der Waals surface area contributed by atoms with Gasteiger partial charge in [0.25, 0.3) is 0 Å². The van der Waals surface area contributed by atoms with Crippen molar-refractivity contribution in [1.29, 1.82) is 0 Å². The number of benzene rings is 1. The van der Waals surface area contributed by atoms with Gasteiger partial charge >= 0.3 is 0 Å². The average Bonchev–Trinajstić information content (AvgIpc) is 2.83. The molecule has 0 amide bonds. The van der Waals surface area contributed by atoms with Gasteiger partial charge in [-0.25, -0.2) is 0 Å². The lowest BCUT2D eigenvalue weighted by molar-refractivity contribution is 0.760. The van der Waals surface area contributed by atoms with Crippen molar-refractivity contribution >= 4 is 28.6 Å². The Hall–Kier alpha value is -0.990. The molecule has 100 valence electrons. The first-order chi connectivity index (χ1) is 9.04. The quantitative estimate of drug-likeness (QED) is 0.778. The molecule has 2 aromatic rings. The second-order valence-corrected chi connectivity index (χ2v) is 7.21. The Morgan fingerprint density at radius 2 is 1.84 bits per heavy atom. The summed E-state index contributed by atoms with van der Waals surface area (Å²) in [4.78, 5) is 1.45. The summed E-state index contributed by atoms with van der Waals surface area (Å²) in [6.45, 7) is 6.51. The fourth-order valence-corrected chi connectivity index (χ4v) is 4.42. The van der Waals surface area contributed by atoms with Crippen molar-refractivity contribution < 1.29 is 0 Å². The molecule has 1 aliphatic rings. The van der Waals surface area contributed by atoms with E-state index < -0.39 is 0 Å². The lowest BCUT2D eigenvalue weighted by Gasteiger charge is -2.19. The van der Waals surface area contributed by atoms with Gasteiger partial charge in [0.05, 0.1) is 10.4 Å². The van der Waals surface area contributed by atoms with Crippen LogP contribution in [0.25, 0.3) is 0 Å². The van der Waals surface area contributed by atoms with Crippen LogP contribution in [0.15, 0.2) is 18.2 Å². The van der Waals surface area contributed by atoms with E-state index in [2.05, 4.69) is 44.3 Å². The molecule has 0 fully saturated rings. The van der Waals surface area contributed by atoms with E-state index in [0.29, 0.717) is 6.04 Å². The smallest absolute Gasteiger partial charge is 0.0934 e. The summed E-state index contributed by atoms with van der Waals surface area (Å²) in [6, 6.07) is 7.03. The summed E-state index contributed by atoms with van der Waals surface area (Å²) in [7, 11) is 0. The van der Waals surface area contributed by atoms with Crippen molar-refractivity contribution in [2.24, 2.45) is 0 Å². The van der Waals surface area contributed by atoms with Gasteiger partial charge in [-0.3, -0.25) is 0 Å².